The summed E-state index contributed by atoms with van der Waals surface area (Å²) in [5.74, 6) is -1.93. The molecule has 0 bridgehead atoms. The molecule has 2 amide bonds. The molecule has 0 spiro atoms. The summed E-state index contributed by atoms with van der Waals surface area (Å²) in [4.78, 5) is 22.6. The quantitative estimate of drug-likeness (QED) is 0.778. The topological polar surface area (TPSA) is 98.2 Å². The Morgan fingerprint density at radius 2 is 1.89 bits per heavy atom. The van der Waals surface area contributed by atoms with Crippen LogP contribution in [-0.2, 0) is 4.79 Å². The minimum absolute atomic E-state index is 0. The van der Waals surface area contributed by atoms with Gasteiger partial charge in [-0.05, 0) is 24.1 Å². The van der Waals surface area contributed by atoms with E-state index in [1.54, 1.807) is 13.8 Å². The van der Waals surface area contributed by atoms with Crippen LogP contribution in [0.4, 0.5) is 10.1 Å². The summed E-state index contributed by atoms with van der Waals surface area (Å²) in [6.07, 6.45) is 0. The molecule has 0 fully saturated rings. The zero-order valence-electron chi connectivity index (χ0n) is 10.6. The normalized spacial score (nSPS) is 11.6. The second kappa shape index (κ2) is 7.06. The van der Waals surface area contributed by atoms with Crippen molar-refractivity contribution in [3.63, 3.8) is 0 Å². The van der Waals surface area contributed by atoms with Crippen LogP contribution in [0, 0.1) is 11.7 Å². The zero-order chi connectivity index (χ0) is 13.9. The number of amides is 2. The van der Waals surface area contributed by atoms with Gasteiger partial charge in [-0.15, -0.1) is 12.4 Å². The van der Waals surface area contributed by atoms with Crippen LogP contribution in [0.25, 0.3) is 0 Å². The van der Waals surface area contributed by atoms with Gasteiger partial charge in [-0.25, -0.2) is 4.39 Å². The Hall–Kier alpha value is -1.66. The number of carbonyl (C=O) groups excluding carboxylic acids is 2. The molecule has 7 heteroatoms. The smallest absolute Gasteiger partial charge is 0.248 e. The van der Waals surface area contributed by atoms with Gasteiger partial charge in [0.15, 0.2) is 0 Å². The largest absolute Gasteiger partial charge is 0.366 e. The molecule has 0 heterocycles. The van der Waals surface area contributed by atoms with Crippen molar-refractivity contribution in [2.45, 2.75) is 19.9 Å². The van der Waals surface area contributed by atoms with Crippen molar-refractivity contribution < 1.29 is 14.0 Å². The van der Waals surface area contributed by atoms with Gasteiger partial charge in [-0.1, -0.05) is 13.8 Å². The van der Waals surface area contributed by atoms with Gasteiger partial charge in [-0.2, -0.15) is 0 Å². The van der Waals surface area contributed by atoms with Gasteiger partial charge in [0.2, 0.25) is 11.8 Å². The van der Waals surface area contributed by atoms with Gasteiger partial charge in [0.05, 0.1) is 11.7 Å². The molecule has 1 rings (SSSR count). The molecule has 1 atom stereocenters. The van der Waals surface area contributed by atoms with Crippen molar-refractivity contribution in [3.8, 4) is 0 Å². The number of hydrogen-bond acceptors (Lipinski definition) is 3. The summed E-state index contributed by atoms with van der Waals surface area (Å²) in [6.45, 7) is 3.56. The average molecular weight is 290 g/mol. The number of primary amides is 1. The van der Waals surface area contributed by atoms with Crippen molar-refractivity contribution >= 4 is 29.9 Å². The first-order chi connectivity index (χ1) is 8.32. The van der Waals surface area contributed by atoms with E-state index in [9.17, 15) is 14.0 Å². The Balaban J connectivity index is 0.00000324. The fraction of sp³-hybridized carbons (Fsp3) is 0.333. The fourth-order valence-electron chi connectivity index (χ4n) is 1.29. The average Bonchev–Trinajstić information content (AvgIpc) is 2.30. The highest BCUT2D eigenvalue weighted by molar-refractivity contribution is 5.98. The molecule has 0 aliphatic rings. The molecule has 0 saturated carbocycles. The van der Waals surface area contributed by atoms with Crippen LogP contribution in [0.15, 0.2) is 18.2 Å². The van der Waals surface area contributed by atoms with Crippen LogP contribution in [0.2, 0.25) is 0 Å². The van der Waals surface area contributed by atoms with Gasteiger partial charge < -0.3 is 16.8 Å². The van der Waals surface area contributed by atoms with Crippen LogP contribution >= 0.6 is 12.4 Å². The molecule has 5 nitrogen and oxygen atoms in total. The summed E-state index contributed by atoms with van der Waals surface area (Å²) < 4.78 is 13.5. The standard InChI is InChI=1S/C12H16FN3O2.ClH/c1-6(2)10(14)12(18)16-9-5-7(11(15)17)3-4-8(9)13;/h3-6,10H,14H2,1-2H3,(H2,15,17)(H,16,18);1H/t10-;/m0./s1. The number of carbonyl (C=O) groups is 2. The summed E-state index contributed by atoms with van der Waals surface area (Å²) in [7, 11) is 0. The molecule has 5 N–H and O–H groups in total. The maximum Gasteiger partial charge on any atom is 0.248 e. The van der Waals surface area contributed by atoms with E-state index in [0.29, 0.717) is 0 Å². The van der Waals surface area contributed by atoms with Gasteiger partial charge in [0, 0.05) is 5.56 Å². The van der Waals surface area contributed by atoms with E-state index in [4.69, 9.17) is 11.5 Å². The Morgan fingerprint density at radius 1 is 1.32 bits per heavy atom. The van der Waals surface area contributed by atoms with E-state index in [1.165, 1.54) is 12.1 Å². The van der Waals surface area contributed by atoms with E-state index < -0.39 is 23.7 Å². The second-order valence-corrected chi connectivity index (χ2v) is 4.32. The van der Waals surface area contributed by atoms with Crippen molar-refractivity contribution in [2.24, 2.45) is 17.4 Å². The number of anilines is 1. The molecule has 0 saturated heterocycles. The lowest BCUT2D eigenvalue weighted by molar-refractivity contribution is -0.118. The van der Waals surface area contributed by atoms with Crippen molar-refractivity contribution in [2.75, 3.05) is 5.32 Å². The van der Waals surface area contributed by atoms with Crippen LogP contribution in [0.5, 0.6) is 0 Å². The molecule has 0 unspecified atom stereocenters. The summed E-state index contributed by atoms with van der Waals surface area (Å²) in [5.41, 5.74) is 10.7. The second-order valence-electron chi connectivity index (χ2n) is 4.32. The number of rotatable bonds is 4. The molecule has 106 valence electrons. The van der Waals surface area contributed by atoms with Crippen LogP contribution in [0.1, 0.15) is 24.2 Å². The first kappa shape index (κ1) is 17.3. The minimum atomic E-state index is -0.748. The predicted molar refractivity (Wildman–Crippen MR) is 73.6 cm³/mol. The van der Waals surface area contributed by atoms with E-state index in [-0.39, 0.29) is 29.6 Å². The van der Waals surface area contributed by atoms with Gasteiger partial charge >= 0.3 is 0 Å². The van der Waals surface area contributed by atoms with E-state index in [2.05, 4.69) is 5.32 Å². The Bertz CT molecular complexity index is 480. The molecule has 0 aromatic heterocycles. The number of nitrogens with two attached hydrogens (primary N) is 2. The monoisotopic (exact) mass is 289 g/mol. The predicted octanol–water partition coefficient (Wildman–Crippen LogP) is 1.27. The molecule has 0 aliphatic carbocycles. The summed E-state index contributed by atoms with van der Waals surface area (Å²) in [5, 5.41) is 2.34. The maximum absolute atomic E-state index is 13.5. The highest BCUT2D eigenvalue weighted by atomic mass is 35.5. The number of hydrogen-bond donors (Lipinski definition) is 3. The summed E-state index contributed by atoms with van der Waals surface area (Å²) in [6, 6.07) is 2.75. The third kappa shape index (κ3) is 4.50. The zero-order valence-corrected chi connectivity index (χ0v) is 11.5. The number of benzene rings is 1. The van der Waals surface area contributed by atoms with Gasteiger partial charge in [-0.3, -0.25) is 9.59 Å². The lowest BCUT2D eigenvalue weighted by Gasteiger charge is -2.15. The Morgan fingerprint density at radius 3 is 2.37 bits per heavy atom. The molecule has 0 aliphatic heterocycles. The van der Waals surface area contributed by atoms with Gasteiger partial charge in [0.25, 0.3) is 0 Å². The third-order valence-corrected chi connectivity index (χ3v) is 2.53. The van der Waals surface area contributed by atoms with E-state index >= 15 is 0 Å². The SMILES string of the molecule is CC(C)[C@H](N)C(=O)Nc1cc(C(N)=O)ccc1F.Cl. The van der Waals surface area contributed by atoms with Crippen molar-refractivity contribution in [3.05, 3.63) is 29.6 Å². The lowest BCUT2D eigenvalue weighted by Crippen LogP contribution is -2.40. The Labute approximate surface area is 116 Å². The maximum atomic E-state index is 13.5. The molecule has 19 heavy (non-hydrogen) atoms. The highest BCUT2D eigenvalue weighted by Crippen LogP contribution is 2.16. The van der Waals surface area contributed by atoms with Crippen LogP contribution in [0.3, 0.4) is 0 Å². The van der Waals surface area contributed by atoms with Gasteiger partial charge in [0.1, 0.15) is 5.82 Å². The molecular weight excluding hydrogens is 273 g/mol. The third-order valence-electron chi connectivity index (χ3n) is 2.53. The van der Waals surface area contributed by atoms with Crippen LogP contribution in [-0.4, -0.2) is 17.9 Å². The first-order valence-electron chi connectivity index (χ1n) is 5.48. The molecule has 1 aromatic rings. The molecule has 0 radical (unpaired) electrons. The number of halogens is 2. The van der Waals surface area contributed by atoms with Crippen molar-refractivity contribution in [1.29, 1.82) is 0 Å². The molecular formula is C12H17ClFN3O2. The minimum Gasteiger partial charge on any atom is -0.366 e. The number of nitrogens with one attached hydrogen (secondary N) is 1. The van der Waals surface area contributed by atoms with Crippen molar-refractivity contribution in [1.82, 2.24) is 0 Å². The van der Waals surface area contributed by atoms with E-state index in [1.807, 2.05) is 0 Å². The summed E-state index contributed by atoms with van der Waals surface area (Å²) >= 11 is 0. The lowest BCUT2D eigenvalue weighted by atomic mass is 10.0. The van der Waals surface area contributed by atoms with E-state index in [0.717, 1.165) is 6.07 Å². The first-order valence-corrected chi connectivity index (χ1v) is 5.48. The van der Waals surface area contributed by atoms with Crippen LogP contribution < -0.4 is 16.8 Å². The Kier molecular flexibility index (Phi) is 6.44. The highest BCUT2D eigenvalue weighted by Gasteiger charge is 2.19. The molecule has 1 aromatic carbocycles. The fourth-order valence-corrected chi connectivity index (χ4v) is 1.29.